The first kappa shape index (κ1) is 23.2. The molecule has 1 aromatic carbocycles. The second kappa shape index (κ2) is 11.8. The van der Waals surface area contributed by atoms with Crippen LogP contribution in [0.4, 0.5) is 0 Å². The van der Waals surface area contributed by atoms with E-state index in [9.17, 15) is 0 Å². The quantitative estimate of drug-likeness (QED) is 0.210. The van der Waals surface area contributed by atoms with Gasteiger partial charge in [-0.3, -0.25) is 0 Å². The summed E-state index contributed by atoms with van der Waals surface area (Å²) in [5, 5.41) is 16.3. The lowest BCUT2D eigenvalue weighted by atomic mass is 10.1. The highest BCUT2D eigenvalue weighted by atomic mass is 35.5. The molecular weight excluding hydrogens is 463 g/mol. The Morgan fingerprint density at radius 2 is 1.97 bits per heavy atom. The number of aromatic nitrogens is 3. The molecule has 8 nitrogen and oxygen atoms in total. The van der Waals surface area contributed by atoms with Crippen molar-refractivity contribution >= 4 is 46.6 Å². The maximum atomic E-state index is 8.36. The van der Waals surface area contributed by atoms with Crippen molar-refractivity contribution in [2.24, 2.45) is 0 Å². The van der Waals surface area contributed by atoms with Crippen LogP contribution < -0.4 is 0 Å². The van der Waals surface area contributed by atoms with Gasteiger partial charge in [0, 0.05) is 34.2 Å². The summed E-state index contributed by atoms with van der Waals surface area (Å²) in [5.41, 5.74) is 0.879. The number of hydrogen-bond acceptors (Lipinski definition) is 6. The smallest absolute Gasteiger partial charge is 0.291 e. The summed E-state index contributed by atoms with van der Waals surface area (Å²) in [6.45, 7) is 0.593. The van der Waals surface area contributed by atoms with Crippen LogP contribution in [-0.2, 0) is 11.3 Å². The number of halogens is 3. The Kier molecular flexibility index (Phi) is 9.49. The van der Waals surface area contributed by atoms with E-state index >= 15 is 0 Å². The molecule has 2 heterocycles. The predicted molar refractivity (Wildman–Crippen MR) is 111 cm³/mol. The third-order valence-electron chi connectivity index (χ3n) is 3.42. The fourth-order valence-corrected chi connectivity index (χ4v) is 3.50. The lowest BCUT2D eigenvalue weighted by Crippen LogP contribution is -2.12. The highest BCUT2D eigenvalue weighted by molar-refractivity contribution is 7.99. The van der Waals surface area contributed by atoms with Gasteiger partial charge in [-0.15, -0.1) is 10.1 Å². The Hall–Kier alpha value is -2.04. The van der Waals surface area contributed by atoms with Crippen LogP contribution in [0.15, 0.2) is 60.3 Å². The van der Waals surface area contributed by atoms with Gasteiger partial charge in [0.2, 0.25) is 0 Å². The standard InChI is InChI=1S/C17H14Cl3N3OS.HNO3/c18-12-1-3-14(15(20)7-12)16(9-23-6-5-21-10-23)24-11-25-17-4-2-13(19)8-22-17;2-1(3)4/h1-8,10,16H,9,11H2;(H,2,3,4). The van der Waals surface area contributed by atoms with Gasteiger partial charge in [-0.25, -0.2) is 9.97 Å². The van der Waals surface area contributed by atoms with Crippen molar-refractivity contribution in [3.05, 3.63) is 86.0 Å². The minimum absolute atomic E-state index is 0.237. The lowest BCUT2D eigenvalue weighted by molar-refractivity contribution is -0.742. The molecule has 1 unspecified atom stereocenters. The first-order valence-electron chi connectivity index (χ1n) is 7.95. The molecule has 3 aromatic rings. The zero-order valence-corrected chi connectivity index (χ0v) is 17.8. The first-order valence-corrected chi connectivity index (χ1v) is 10.1. The van der Waals surface area contributed by atoms with Crippen molar-refractivity contribution in [1.82, 2.24) is 14.5 Å². The Labute approximate surface area is 185 Å². The molecule has 0 saturated carbocycles. The van der Waals surface area contributed by atoms with E-state index in [1.807, 2.05) is 22.9 Å². The van der Waals surface area contributed by atoms with Gasteiger partial charge in [0.05, 0.1) is 28.9 Å². The molecule has 29 heavy (non-hydrogen) atoms. The van der Waals surface area contributed by atoms with Gasteiger partial charge >= 0.3 is 0 Å². The van der Waals surface area contributed by atoms with Crippen LogP contribution in [-0.4, -0.2) is 30.8 Å². The molecular formula is C17H15Cl3N4O4S. The summed E-state index contributed by atoms with van der Waals surface area (Å²) in [6, 6.07) is 9.07. The number of nitrogens with zero attached hydrogens (tertiary/aromatic N) is 4. The topological polar surface area (TPSA) is 103 Å². The molecule has 1 N–H and O–H groups in total. The van der Waals surface area contributed by atoms with Crippen molar-refractivity contribution in [2.75, 3.05) is 5.94 Å². The number of ether oxygens (including phenoxy) is 1. The Balaban J connectivity index is 0.000000687. The van der Waals surface area contributed by atoms with Crippen molar-refractivity contribution < 1.29 is 15.0 Å². The fourth-order valence-electron chi connectivity index (χ4n) is 2.21. The largest absolute Gasteiger partial charge is 0.361 e. The Morgan fingerprint density at radius 1 is 1.24 bits per heavy atom. The van der Waals surface area contributed by atoms with Gasteiger partial charge in [0.15, 0.2) is 0 Å². The average molecular weight is 478 g/mol. The zero-order valence-electron chi connectivity index (χ0n) is 14.7. The summed E-state index contributed by atoms with van der Waals surface area (Å²) < 4.78 is 8.02. The van der Waals surface area contributed by atoms with Crippen molar-refractivity contribution in [2.45, 2.75) is 17.7 Å². The fraction of sp³-hybridized carbons (Fsp3) is 0.176. The van der Waals surface area contributed by atoms with Crippen LogP contribution >= 0.6 is 46.6 Å². The number of hydrogen-bond donors (Lipinski definition) is 1. The van der Waals surface area contributed by atoms with E-state index in [-0.39, 0.29) is 6.10 Å². The average Bonchev–Trinajstić information content (AvgIpc) is 3.15. The third-order valence-corrected chi connectivity index (χ3v) is 5.00. The SMILES string of the molecule is Clc1ccc(SCOC(Cn2ccnc2)c2ccc(Cl)cc2Cl)nc1.O=[N+]([O-])O. The van der Waals surface area contributed by atoms with Crippen LogP contribution in [0, 0.1) is 10.1 Å². The molecule has 3 rings (SSSR count). The lowest BCUT2D eigenvalue weighted by Gasteiger charge is -2.20. The maximum absolute atomic E-state index is 8.36. The van der Waals surface area contributed by atoms with Crippen LogP contribution in [0.25, 0.3) is 0 Å². The molecule has 154 valence electrons. The van der Waals surface area contributed by atoms with Gasteiger partial charge in [-0.1, -0.05) is 52.6 Å². The maximum Gasteiger partial charge on any atom is 0.291 e. The summed E-state index contributed by atoms with van der Waals surface area (Å²) >= 11 is 19.7. The van der Waals surface area contributed by atoms with E-state index in [4.69, 9.17) is 54.9 Å². The molecule has 0 spiro atoms. The number of rotatable bonds is 7. The zero-order chi connectivity index (χ0) is 21.2. The molecule has 0 aliphatic rings. The molecule has 0 radical (unpaired) electrons. The van der Waals surface area contributed by atoms with Gasteiger partial charge in [-0.05, 0) is 24.3 Å². The normalized spacial score (nSPS) is 11.4. The molecule has 0 aliphatic heterocycles. The van der Waals surface area contributed by atoms with Crippen molar-refractivity contribution in [3.8, 4) is 0 Å². The highest BCUT2D eigenvalue weighted by Crippen LogP contribution is 2.31. The van der Waals surface area contributed by atoms with Crippen LogP contribution in [0.1, 0.15) is 11.7 Å². The first-order chi connectivity index (χ1) is 13.8. The number of imidazole rings is 1. The molecule has 0 aliphatic carbocycles. The third kappa shape index (κ3) is 8.46. The molecule has 1 atom stereocenters. The minimum atomic E-state index is -1.50. The second-order valence-corrected chi connectivity index (χ2v) is 7.62. The summed E-state index contributed by atoms with van der Waals surface area (Å²) in [4.78, 5) is 16.7. The number of benzene rings is 1. The summed E-state index contributed by atoms with van der Waals surface area (Å²) in [7, 11) is 0. The van der Waals surface area contributed by atoms with Crippen LogP contribution in [0.5, 0.6) is 0 Å². The number of thioether (sulfide) groups is 1. The Morgan fingerprint density at radius 3 is 2.55 bits per heavy atom. The second-order valence-electron chi connectivity index (χ2n) is 5.40. The van der Waals surface area contributed by atoms with Crippen LogP contribution in [0.2, 0.25) is 15.1 Å². The van der Waals surface area contributed by atoms with E-state index in [0.717, 1.165) is 10.6 Å². The monoisotopic (exact) mass is 476 g/mol. The van der Waals surface area contributed by atoms with Gasteiger partial charge in [0.1, 0.15) is 6.10 Å². The molecule has 12 heteroatoms. The Bertz CT molecular complexity index is 910. The van der Waals surface area contributed by atoms with E-state index in [1.165, 1.54) is 11.8 Å². The van der Waals surface area contributed by atoms with Crippen molar-refractivity contribution in [3.63, 3.8) is 0 Å². The molecule has 2 aromatic heterocycles. The van der Waals surface area contributed by atoms with Gasteiger partial charge in [-0.2, -0.15) is 0 Å². The van der Waals surface area contributed by atoms with Crippen molar-refractivity contribution in [1.29, 1.82) is 0 Å². The summed E-state index contributed by atoms with van der Waals surface area (Å²) in [5.74, 6) is 0.424. The van der Waals surface area contributed by atoms with E-state index < -0.39 is 5.09 Å². The van der Waals surface area contributed by atoms with Gasteiger partial charge in [0.25, 0.3) is 5.09 Å². The minimum Gasteiger partial charge on any atom is -0.361 e. The molecule has 0 amide bonds. The molecule has 0 bridgehead atoms. The predicted octanol–water partition coefficient (Wildman–Crippen LogP) is 5.40. The molecule has 0 saturated heterocycles. The highest BCUT2D eigenvalue weighted by Gasteiger charge is 2.17. The van der Waals surface area contributed by atoms with E-state index in [2.05, 4.69) is 9.97 Å². The summed E-state index contributed by atoms with van der Waals surface area (Å²) in [6.07, 6.45) is 6.73. The van der Waals surface area contributed by atoms with E-state index in [1.54, 1.807) is 36.9 Å². The van der Waals surface area contributed by atoms with Gasteiger partial charge < -0.3 is 14.5 Å². The van der Waals surface area contributed by atoms with Crippen LogP contribution in [0.3, 0.4) is 0 Å². The number of pyridine rings is 1. The van der Waals surface area contributed by atoms with E-state index in [0.29, 0.717) is 27.6 Å². The molecule has 0 fully saturated rings.